The quantitative estimate of drug-likeness (QED) is 0.574. The lowest BCUT2D eigenvalue weighted by molar-refractivity contribution is 0.283. The molecule has 1 aromatic heterocycles. The van der Waals surface area contributed by atoms with Gasteiger partial charge < -0.3 is 15.2 Å². The second kappa shape index (κ2) is 8.92. The molecule has 0 amide bonds. The zero-order chi connectivity index (χ0) is 22.8. The van der Waals surface area contributed by atoms with Gasteiger partial charge in [0.05, 0.1) is 7.11 Å². The molecule has 0 spiro atoms. The van der Waals surface area contributed by atoms with Gasteiger partial charge in [0.1, 0.15) is 24.1 Å². The summed E-state index contributed by atoms with van der Waals surface area (Å²) in [5, 5.41) is 9.80. The third-order valence-electron chi connectivity index (χ3n) is 6.28. The van der Waals surface area contributed by atoms with E-state index in [2.05, 4.69) is 44.0 Å². The van der Waals surface area contributed by atoms with Crippen molar-refractivity contribution in [1.29, 1.82) is 5.26 Å². The van der Waals surface area contributed by atoms with Crippen LogP contribution in [0.4, 0.5) is 5.82 Å². The molecule has 164 valence electrons. The van der Waals surface area contributed by atoms with Gasteiger partial charge in [-0.2, -0.15) is 5.26 Å². The molecule has 1 aliphatic rings. The number of anilines is 1. The van der Waals surface area contributed by atoms with Gasteiger partial charge in [-0.05, 0) is 86.4 Å². The number of aryl methyl sites for hydroxylation is 4. The van der Waals surface area contributed by atoms with Crippen molar-refractivity contribution in [2.75, 3.05) is 12.8 Å². The second-order valence-corrected chi connectivity index (χ2v) is 8.52. The molecule has 0 saturated carbocycles. The molecule has 0 bridgehead atoms. The van der Waals surface area contributed by atoms with E-state index in [4.69, 9.17) is 15.2 Å². The predicted molar refractivity (Wildman–Crippen MR) is 127 cm³/mol. The van der Waals surface area contributed by atoms with Gasteiger partial charge in [0.25, 0.3) is 0 Å². The number of rotatable bonds is 5. The van der Waals surface area contributed by atoms with E-state index in [1.807, 2.05) is 18.2 Å². The lowest BCUT2D eigenvalue weighted by Gasteiger charge is -2.22. The second-order valence-electron chi connectivity index (χ2n) is 8.52. The van der Waals surface area contributed by atoms with Gasteiger partial charge in [-0.1, -0.05) is 23.8 Å². The monoisotopic (exact) mass is 427 g/mol. The van der Waals surface area contributed by atoms with Crippen molar-refractivity contribution in [3.05, 3.63) is 69.4 Å². The summed E-state index contributed by atoms with van der Waals surface area (Å²) in [6.07, 6.45) is 3.98. The van der Waals surface area contributed by atoms with E-state index in [0.717, 1.165) is 48.1 Å². The van der Waals surface area contributed by atoms with Crippen LogP contribution in [0.3, 0.4) is 0 Å². The summed E-state index contributed by atoms with van der Waals surface area (Å²) in [5.41, 5.74) is 15.4. The molecular weight excluding hydrogens is 398 g/mol. The molecule has 0 unspecified atom stereocenters. The van der Waals surface area contributed by atoms with E-state index in [0.29, 0.717) is 29.5 Å². The summed E-state index contributed by atoms with van der Waals surface area (Å²) in [6.45, 7) is 6.79. The molecule has 5 nitrogen and oxygen atoms in total. The zero-order valence-corrected chi connectivity index (χ0v) is 19.2. The Morgan fingerprint density at radius 1 is 1.03 bits per heavy atom. The van der Waals surface area contributed by atoms with E-state index in [9.17, 15) is 5.26 Å². The van der Waals surface area contributed by atoms with Crippen molar-refractivity contribution in [3.8, 4) is 28.7 Å². The van der Waals surface area contributed by atoms with Gasteiger partial charge in [-0.3, -0.25) is 0 Å². The van der Waals surface area contributed by atoms with Crippen LogP contribution < -0.4 is 15.2 Å². The van der Waals surface area contributed by atoms with Crippen LogP contribution in [0, 0.1) is 32.1 Å². The summed E-state index contributed by atoms with van der Waals surface area (Å²) in [7, 11) is 1.63. The largest absolute Gasteiger partial charge is 0.493 e. The molecule has 2 N–H and O–H groups in total. The van der Waals surface area contributed by atoms with Crippen LogP contribution in [-0.4, -0.2) is 12.1 Å². The van der Waals surface area contributed by atoms with Gasteiger partial charge in [-0.15, -0.1) is 0 Å². The minimum absolute atomic E-state index is 0.299. The molecule has 0 atom stereocenters. The van der Waals surface area contributed by atoms with Crippen LogP contribution in [0.1, 0.15) is 51.9 Å². The molecule has 0 saturated heterocycles. The molecule has 0 radical (unpaired) electrons. The first kappa shape index (κ1) is 21.7. The van der Waals surface area contributed by atoms with Crippen molar-refractivity contribution in [2.24, 2.45) is 0 Å². The number of aromatic nitrogens is 1. The Morgan fingerprint density at radius 2 is 1.75 bits per heavy atom. The topological polar surface area (TPSA) is 81.2 Å². The maximum atomic E-state index is 9.80. The summed E-state index contributed by atoms with van der Waals surface area (Å²) in [4.78, 5) is 4.52. The number of ether oxygens (including phenoxy) is 2. The number of nitriles is 1. The highest BCUT2D eigenvalue weighted by Gasteiger charge is 2.23. The smallest absolute Gasteiger partial charge is 0.161 e. The number of nitrogens with zero attached hydrogens (tertiary/aromatic N) is 2. The molecule has 2 aromatic carbocycles. The standard InChI is InChI=1S/C27H29N3O2/c1-16-11-17(2)22(18(3)12-16)15-32-24-10-9-19(13-25(24)31-4)26-20-7-5-6-8-23(20)30-27(29)21(26)14-28/h9-13H,5-8,15H2,1-4H3,(H2,29,30). The fourth-order valence-electron chi connectivity index (χ4n) is 4.72. The van der Waals surface area contributed by atoms with E-state index >= 15 is 0 Å². The number of nitrogen functional groups attached to an aromatic ring is 1. The van der Waals surface area contributed by atoms with E-state index in [1.54, 1.807) is 7.11 Å². The van der Waals surface area contributed by atoms with Crippen molar-refractivity contribution < 1.29 is 9.47 Å². The first-order chi connectivity index (χ1) is 15.4. The lowest BCUT2D eigenvalue weighted by Crippen LogP contribution is -2.12. The van der Waals surface area contributed by atoms with Crippen LogP contribution in [-0.2, 0) is 19.4 Å². The van der Waals surface area contributed by atoms with E-state index in [-0.39, 0.29) is 0 Å². The van der Waals surface area contributed by atoms with Gasteiger partial charge in [0.2, 0.25) is 0 Å². The average molecular weight is 428 g/mol. The fraction of sp³-hybridized carbons (Fsp3) is 0.333. The fourth-order valence-corrected chi connectivity index (χ4v) is 4.72. The van der Waals surface area contributed by atoms with E-state index in [1.165, 1.54) is 22.3 Å². The molecule has 0 aliphatic heterocycles. The maximum Gasteiger partial charge on any atom is 0.161 e. The maximum absolute atomic E-state index is 9.80. The first-order valence-electron chi connectivity index (χ1n) is 11.0. The summed E-state index contributed by atoms with van der Waals surface area (Å²) < 4.78 is 11.8. The SMILES string of the molecule is COc1cc(-c2c(C#N)c(N)nc3c2CCCC3)ccc1OCc1c(C)cc(C)cc1C. The number of hydrogen-bond donors (Lipinski definition) is 1. The Labute approximate surface area is 189 Å². The number of benzene rings is 2. The van der Waals surface area contributed by atoms with Gasteiger partial charge in [0.15, 0.2) is 11.5 Å². The van der Waals surface area contributed by atoms with Crippen molar-refractivity contribution in [1.82, 2.24) is 4.98 Å². The molecule has 1 aliphatic carbocycles. The average Bonchev–Trinajstić information content (AvgIpc) is 2.77. The highest BCUT2D eigenvalue weighted by Crippen LogP contribution is 2.39. The molecule has 0 fully saturated rings. The van der Waals surface area contributed by atoms with Crippen LogP contribution in [0.25, 0.3) is 11.1 Å². The molecule has 32 heavy (non-hydrogen) atoms. The highest BCUT2D eigenvalue weighted by molar-refractivity contribution is 5.80. The lowest BCUT2D eigenvalue weighted by atomic mass is 9.86. The number of methoxy groups -OCH3 is 1. The normalized spacial score (nSPS) is 12.7. The molecule has 3 aromatic rings. The minimum Gasteiger partial charge on any atom is -0.493 e. The number of pyridine rings is 1. The van der Waals surface area contributed by atoms with Crippen molar-refractivity contribution in [2.45, 2.75) is 53.1 Å². The van der Waals surface area contributed by atoms with Gasteiger partial charge in [0, 0.05) is 11.3 Å². The molecule has 1 heterocycles. The number of fused-ring (bicyclic) bond motifs is 1. The first-order valence-corrected chi connectivity index (χ1v) is 11.0. The summed E-state index contributed by atoms with van der Waals surface area (Å²) in [6, 6.07) is 12.5. The highest BCUT2D eigenvalue weighted by atomic mass is 16.5. The Balaban J connectivity index is 1.71. The Bertz CT molecular complexity index is 1200. The van der Waals surface area contributed by atoms with Crippen molar-refractivity contribution >= 4 is 5.82 Å². The van der Waals surface area contributed by atoms with Gasteiger partial charge in [-0.25, -0.2) is 4.98 Å². The third-order valence-corrected chi connectivity index (χ3v) is 6.28. The van der Waals surface area contributed by atoms with Crippen molar-refractivity contribution in [3.63, 3.8) is 0 Å². The molecular formula is C27H29N3O2. The number of hydrogen-bond acceptors (Lipinski definition) is 5. The Morgan fingerprint density at radius 3 is 2.44 bits per heavy atom. The molecule has 4 rings (SSSR count). The molecule has 5 heteroatoms. The van der Waals surface area contributed by atoms with E-state index < -0.39 is 0 Å². The zero-order valence-electron chi connectivity index (χ0n) is 19.2. The summed E-state index contributed by atoms with van der Waals surface area (Å²) in [5.74, 6) is 1.60. The van der Waals surface area contributed by atoms with Crippen LogP contribution in [0.2, 0.25) is 0 Å². The predicted octanol–water partition coefficient (Wildman–Crippen LogP) is 5.59. The minimum atomic E-state index is 0.299. The van der Waals surface area contributed by atoms with Gasteiger partial charge >= 0.3 is 0 Å². The van der Waals surface area contributed by atoms with Crippen LogP contribution in [0.5, 0.6) is 11.5 Å². The number of nitrogens with two attached hydrogens (primary N) is 1. The Hall–Kier alpha value is -3.52. The third kappa shape index (κ3) is 4.01. The van der Waals surface area contributed by atoms with Crippen LogP contribution >= 0.6 is 0 Å². The summed E-state index contributed by atoms with van der Waals surface area (Å²) >= 11 is 0. The van der Waals surface area contributed by atoms with Crippen LogP contribution in [0.15, 0.2) is 30.3 Å². The Kier molecular flexibility index (Phi) is 6.05.